The van der Waals surface area contributed by atoms with E-state index in [1.165, 1.54) is 12.4 Å². The molecule has 3 aromatic rings. The number of halogens is 6. The minimum atomic E-state index is -4.59. The summed E-state index contributed by atoms with van der Waals surface area (Å²) in [5.74, 6) is -3.10. The number of piperidine rings is 1. The van der Waals surface area contributed by atoms with Gasteiger partial charge in [0.1, 0.15) is 0 Å². The van der Waals surface area contributed by atoms with Crippen LogP contribution < -0.4 is 4.90 Å². The zero-order valence-electron chi connectivity index (χ0n) is 26.3. The second-order valence-corrected chi connectivity index (χ2v) is 14.1. The zero-order chi connectivity index (χ0) is 33.7. The van der Waals surface area contributed by atoms with E-state index in [1.54, 1.807) is 0 Å². The van der Waals surface area contributed by atoms with Crippen LogP contribution in [-0.4, -0.2) is 45.4 Å². The molecule has 1 aliphatic heterocycles. The Bertz CT molecular complexity index is 1590. The van der Waals surface area contributed by atoms with Gasteiger partial charge in [-0.2, -0.15) is 13.2 Å². The number of benzene rings is 1. The number of pyridine rings is 1. The van der Waals surface area contributed by atoms with E-state index < -0.39 is 35.9 Å². The molecule has 1 saturated heterocycles. The Morgan fingerprint density at radius 2 is 1.57 bits per heavy atom. The van der Waals surface area contributed by atoms with Crippen molar-refractivity contribution < 1.29 is 36.2 Å². The van der Waals surface area contributed by atoms with Crippen LogP contribution in [0, 0.1) is 5.41 Å². The molecule has 0 radical (unpaired) electrons. The lowest BCUT2D eigenvalue weighted by atomic mass is 9.68. The smallest absolute Gasteiger partial charge is 0.388 e. The Kier molecular flexibility index (Phi) is 8.86. The summed E-state index contributed by atoms with van der Waals surface area (Å²) in [6.45, 7) is 5.03. The number of nitrogens with zero attached hydrogens (tertiary/aromatic N) is 4. The van der Waals surface area contributed by atoms with Crippen LogP contribution in [0.5, 0.6) is 0 Å². The first-order valence-electron chi connectivity index (χ1n) is 16.1. The van der Waals surface area contributed by atoms with E-state index in [-0.39, 0.29) is 48.1 Å². The number of rotatable bonds is 6. The molecule has 0 unspecified atom stereocenters. The topological polar surface area (TPSA) is 79.2 Å². The van der Waals surface area contributed by atoms with Gasteiger partial charge in [-0.1, -0.05) is 26.0 Å². The standard InChI is InChI=1S/C35H38F6N4O2/c1-33(2)15-25-28(26(47)16-33)27(21-7-11-34(37,38)12-8-21)29(30(36)22-3-5-24(6-4-22)35(39,40)41)31(44-25)23-9-13-45(14-10-23)32-42-17-20(19-46)18-43-32/h3-6,17-19,21,23,26,30,47H,7-16H2,1-2H3/t26-,30-/m0/s1. The summed E-state index contributed by atoms with van der Waals surface area (Å²) in [6, 6.07) is 3.94. The van der Waals surface area contributed by atoms with Gasteiger partial charge in [0.25, 0.3) is 0 Å². The average Bonchev–Trinajstić information content (AvgIpc) is 3.03. The van der Waals surface area contributed by atoms with Crippen molar-refractivity contribution in [3.8, 4) is 0 Å². The van der Waals surface area contributed by atoms with Crippen molar-refractivity contribution in [2.24, 2.45) is 5.41 Å². The lowest BCUT2D eigenvalue weighted by Gasteiger charge is -2.41. The second-order valence-electron chi connectivity index (χ2n) is 14.1. The van der Waals surface area contributed by atoms with Gasteiger partial charge in [-0.05, 0) is 73.1 Å². The van der Waals surface area contributed by atoms with Gasteiger partial charge in [-0.15, -0.1) is 0 Å². The summed E-state index contributed by atoms with van der Waals surface area (Å²) in [7, 11) is 0. The van der Waals surface area contributed by atoms with Gasteiger partial charge in [-0.3, -0.25) is 9.78 Å². The van der Waals surface area contributed by atoms with Gasteiger partial charge in [-0.25, -0.2) is 23.1 Å². The van der Waals surface area contributed by atoms with E-state index in [0.29, 0.717) is 79.1 Å². The molecule has 12 heteroatoms. The normalized spacial score (nSPS) is 22.5. The number of carbonyl (C=O) groups is 1. The van der Waals surface area contributed by atoms with Crippen LogP contribution in [0.1, 0.15) is 132 Å². The van der Waals surface area contributed by atoms with Gasteiger partial charge in [0.05, 0.1) is 22.9 Å². The number of alkyl halides is 6. The van der Waals surface area contributed by atoms with E-state index >= 15 is 4.39 Å². The first-order chi connectivity index (χ1) is 22.2. The number of aliphatic hydroxyl groups is 1. The minimum Gasteiger partial charge on any atom is -0.388 e. The fraction of sp³-hybridized carbons (Fsp3) is 0.543. The summed E-state index contributed by atoms with van der Waals surface area (Å²) in [4.78, 5) is 26.7. The van der Waals surface area contributed by atoms with Crippen molar-refractivity contribution in [3.05, 3.63) is 81.4 Å². The molecule has 3 heterocycles. The summed E-state index contributed by atoms with van der Waals surface area (Å²) >= 11 is 0. The molecular weight excluding hydrogens is 622 g/mol. The van der Waals surface area contributed by atoms with Crippen molar-refractivity contribution in [2.45, 2.75) is 101 Å². The molecule has 2 atom stereocenters. The molecule has 2 aliphatic carbocycles. The minimum absolute atomic E-state index is 0.00937. The van der Waals surface area contributed by atoms with Crippen molar-refractivity contribution >= 4 is 12.2 Å². The SMILES string of the molecule is CC1(C)Cc2nc(C3CCN(c4ncc(C=O)cn4)CC3)c([C@@H](F)c3ccc(C(F)(F)F)cc3)c(C3CCC(F)(F)CC3)c2[C@@H](O)C1. The van der Waals surface area contributed by atoms with Crippen molar-refractivity contribution in [3.63, 3.8) is 0 Å². The maximum atomic E-state index is 17.1. The summed E-state index contributed by atoms with van der Waals surface area (Å²) in [5, 5.41) is 11.5. The van der Waals surface area contributed by atoms with Crippen molar-refractivity contribution in [1.29, 1.82) is 0 Å². The lowest BCUT2D eigenvalue weighted by Crippen LogP contribution is -2.36. The maximum Gasteiger partial charge on any atom is 0.416 e. The molecule has 47 heavy (non-hydrogen) atoms. The molecule has 0 spiro atoms. The Labute approximate surface area is 269 Å². The number of aromatic nitrogens is 3. The molecule has 1 N–H and O–H groups in total. The van der Waals surface area contributed by atoms with Gasteiger partial charge in [0.2, 0.25) is 11.9 Å². The molecule has 0 bridgehead atoms. The number of aldehydes is 1. The first-order valence-corrected chi connectivity index (χ1v) is 16.1. The number of anilines is 1. The fourth-order valence-electron chi connectivity index (χ4n) is 7.62. The molecule has 0 amide bonds. The van der Waals surface area contributed by atoms with Gasteiger partial charge in [0, 0.05) is 61.1 Å². The number of hydrogen-bond acceptors (Lipinski definition) is 6. The second kappa shape index (κ2) is 12.5. The highest BCUT2D eigenvalue weighted by Gasteiger charge is 2.43. The van der Waals surface area contributed by atoms with E-state index in [0.717, 1.165) is 24.3 Å². The maximum absolute atomic E-state index is 17.1. The number of carbonyl (C=O) groups excluding carboxylic acids is 1. The predicted octanol–water partition coefficient (Wildman–Crippen LogP) is 8.44. The molecule has 2 aromatic heterocycles. The van der Waals surface area contributed by atoms with Crippen molar-refractivity contribution in [1.82, 2.24) is 15.0 Å². The Morgan fingerprint density at radius 1 is 0.957 bits per heavy atom. The van der Waals surface area contributed by atoms with Gasteiger partial charge in [0.15, 0.2) is 12.5 Å². The molecule has 6 rings (SSSR count). The molecule has 252 valence electrons. The van der Waals surface area contributed by atoms with Crippen LogP contribution in [0.4, 0.5) is 32.3 Å². The Balaban J connectivity index is 1.46. The fourth-order valence-corrected chi connectivity index (χ4v) is 7.62. The average molecular weight is 661 g/mol. The molecular formula is C35H38F6N4O2. The highest BCUT2D eigenvalue weighted by Crippen LogP contribution is 2.52. The van der Waals surface area contributed by atoms with E-state index in [4.69, 9.17) is 4.98 Å². The molecule has 1 aromatic carbocycles. The summed E-state index contributed by atoms with van der Waals surface area (Å²) in [5.41, 5.74) is 1.45. The third-order valence-corrected chi connectivity index (χ3v) is 10.0. The monoisotopic (exact) mass is 660 g/mol. The van der Waals surface area contributed by atoms with Crippen LogP contribution in [0.15, 0.2) is 36.7 Å². The Hall–Kier alpha value is -3.54. The molecule has 2 fully saturated rings. The zero-order valence-corrected chi connectivity index (χ0v) is 26.3. The van der Waals surface area contributed by atoms with Crippen LogP contribution in [0.2, 0.25) is 0 Å². The number of aliphatic hydroxyl groups excluding tert-OH is 1. The molecule has 1 saturated carbocycles. The summed E-state index contributed by atoms with van der Waals surface area (Å²) < 4.78 is 86.1. The van der Waals surface area contributed by atoms with Crippen LogP contribution in [0.3, 0.4) is 0 Å². The predicted molar refractivity (Wildman–Crippen MR) is 163 cm³/mol. The van der Waals surface area contributed by atoms with Gasteiger partial charge < -0.3 is 10.0 Å². The van der Waals surface area contributed by atoms with Crippen molar-refractivity contribution in [2.75, 3.05) is 18.0 Å². The van der Waals surface area contributed by atoms with Crippen LogP contribution in [-0.2, 0) is 12.6 Å². The third-order valence-electron chi connectivity index (χ3n) is 10.0. The quantitative estimate of drug-likeness (QED) is 0.211. The van der Waals surface area contributed by atoms with Gasteiger partial charge >= 0.3 is 6.18 Å². The van der Waals surface area contributed by atoms with E-state index in [1.807, 2.05) is 18.7 Å². The number of hydrogen-bond donors (Lipinski definition) is 1. The largest absolute Gasteiger partial charge is 0.416 e. The first kappa shape index (κ1) is 33.4. The molecule has 3 aliphatic rings. The van der Waals surface area contributed by atoms with E-state index in [2.05, 4.69) is 9.97 Å². The highest BCUT2D eigenvalue weighted by molar-refractivity contribution is 5.73. The number of fused-ring (bicyclic) bond motifs is 1. The van der Waals surface area contributed by atoms with E-state index in [9.17, 15) is 31.9 Å². The third kappa shape index (κ3) is 6.89. The Morgan fingerprint density at radius 3 is 2.15 bits per heavy atom. The lowest BCUT2D eigenvalue weighted by molar-refractivity contribution is -0.137. The summed E-state index contributed by atoms with van der Waals surface area (Å²) in [6.07, 6.45) is -2.52. The molecule has 6 nitrogen and oxygen atoms in total. The highest BCUT2D eigenvalue weighted by atomic mass is 19.4. The van der Waals surface area contributed by atoms with Crippen LogP contribution in [0.25, 0.3) is 0 Å². The van der Waals surface area contributed by atoms with Crippen LogP contribution >= 0.6 is 0 Å².